The second kappa shape index (κ2) is 8.76. The van der Waals surface area contributed by atoms with Crippen molar-refractivity contribution in [3.8, 4) is 0 Å². The molecular formula is C18H28O4. The molecule has 0 aromatic heterocycles. The van der Waals surface area contributed by atoms with E-state index in [1.165, 1.54) is 14.2 Å². The van der Waals surface area contributed by atoms with Crippen molar-refractivity contribution >= 4 is 11.9 Å². The van der Waals surface area contributed by atoms with Crippen LogP contribution in [0.4, 0.5) is 0 Å². The van der Waals surface area contributed by atoms with Crippen LogP contribution >= 0.6 is 0 Å². The van der Waals surface area contributed by atoms with E-state index < -0.39 is 17.4 Å². The van der Waals surface area contributed by atoms with Crippen LogP contribution in [0.25, 0.3) is 0 Å². The molecule has 0 spiro atoms. The minimum absolute atomic E-state index is 0.163. The topological polar surface area (TPSA) is 52.6 Å². The number of hydrogen-bond acceptors (Lipinski definition) is 4. The molecular weight excluding hydrogens is 280 g/mol. The monoisotopic (exact) mass is 308 g/mol. The standard InChI is InChI=1S/C18H28O4/c1-5-14(6-2)12-13-18(16(19)21-3,17(20)22-4)15-10-8-7-9-11-15/h5,8,10,14-15H,1,6-7,9,11-13H2,2-4H3. The Morgan fingerprint density at radius 3 is 2.41 bits per heavy atom. The third kappa shape index (κ3) is 3.79. The molecule has 1 aliphatic carbocycles. The summed E-state index contributed by atoms with van der Waals surface area (Å²) in [6.07, 6.45) is 10.7. The fraction of sp³-hybridized carbons (Fsp3) is 0.667. The van der Waals surface area contributed by atoms with E-state index in [2.05, 4.69) is 13.5 Å². The first-order valence-electron chi connectivity index (χ1n) is 8.02. The minimum Gasteiger partial charge on any atom is -0.468 e. The lowest BCUT2D eigenvalue weighted by Crippen LogP contribution is -2.47. The van der Waals surface area contributed by atoms with Crippen LogP contribution in [0.15, 0.2) is 24.8 Å². The molecule has 0 amide bonds. The van der Waals surface area contributed by atoms with Crippen molar-refractivity contribution in [3.63, 3.8) is 0 Å². The number of ether oxygens (including phenoxy) is 2. The van der Waals surface area contributed by atoms with E-state index in [1.807, 2.05) is 18.2 Å². The van der Waals surface area contributed by atoms with Crippen molar-refractivity contribution in [2.75, 3.05) is 14.2 Å². The first kappa shape index (κ1) is 18.5. The van der Waals surface area contributed by atoms with Crippen molar-refractivity contribution in [3.05, 3.63) is 24.8 Å². The van der Waals surface area contributed by atoms with Crippen molar-refractivity contribution in [1.29, 1.82) is 0 Å². The van der Waals surface area contributed by atoms with Crippen LogP contribution in [0.5, 0.6) is 0 Å². The van der Waals surface area contributed by atoms with Gasteiger partial charge in [0.2, 0.25) is 0 Å². The number of esters is 2. The van der Waals surface area contributed by atoms with Crippen LogP contribution in [-0.2, 0) is 19.1 Å². The fourth-order valence-electron chi connectivity index (χ4n) is 3.26. The molecule has 2 unspecified atom stereocenters. The van der Waals surface area contributed by atoms with Crippen LogP contribution in [0.2, 0.25) is 0 Å². The van der Waals surface area contributed by atoms with E-state index in [9.17, 15) is 9.59 Å². The summed E-state index contributed by atoms with van der Waals surface area (Å²) in [6, 6.07) is 0. The Hall–Kier alpha value is -1.58. The average molecular weight is 308 g/mol. The van der Waals surface area contributed by atoms with Crippen molar-refractivity contribution < 1.29 is 19.1 Å². The fourth-order valence-corrected chi connectivity index (χ4v) is 3.26. The highest BCUT2D eigenvalue weighted by Crippen LogP contribution is 2.42. The van der Waals surface area contributed by atoms with Crippen LogP contribution in [0.1, 0.15) is 45.4 Å². The van der Waals surface area contributed by atoms with Crippen LogP contribution in [0, 0.1) is 17.3 Å². The van der Waals surface area contributed by atoms with E-state index >= 15 is 0 Å². The molecule has 1 aliphatic rings. The predicted molar refractivity (Wildman–Crippen MR) is 86.2 cm³/mol. The maximum Gasteiger partial charge on any atom is 0.323 e. The zero-order chi connectivity index (χ0) is 16.6. The predicted octanol–water partition coefficient (Wildman–Crippen LogP) is 3.67. The molecule has 0 bridgehead atoms. The van der Waals surface area contributed by atoms with Gasteiger partial charge in [0.05, 0.1) is 14.2 Å². The number of allylic oxidation sites excluding steroid dienone is 3. The number of carbonyl (C=O) groups is 2. The SMILES string of the molecule is C=CC(CC)CCC(C(=O)OC)(C(=O)OC)C1C=CCCC1. The van der Waals surface area contributed by atoms with E-state index in [4.69, 9.17) is 9.47 Å². The molecule has 1 rings (SSSR count). The summed E-state index contributed by atoms with van der Waals surface area (Å²) in [6.45, 7) is 5.90. The summed E-state index contributed by atoms with van der Waals surface area (Å²) in [4.78, 5) is 25.1. The Morgan fingerprint density at radius 1 is 1.36 bits per heavy atom. The number of rotatable bonds is 8. The van der Waals surface area contributed by atoms with Gasteiger partial charge in [-0.25, -0.2) is 0 Å². The molecule has 22 heavy (non-hydrogen) atoms. The third-order valence-corrected chi connectivity index (χ3v) is 4.75. The van der Waals surface area contributed by atoms with Crippen LogP contribution in [-0.4, -0.2) is 26.2 Å². The van der Waals surface area contributed by atoms with Gasteiger partial charge in [0, 0.05) is 5.92 Å². The Labute approximate surface area is 133 Å². The van der Waals surface area contributed by atoms with Crippen LogP contribution < -0.4 is 0 Å². The zero-order valence-corrected chi connectivity index (χ0v) is 14.0. The van der Waals surface area contributed by atoms with Gasteiger partial charge in [-0.3, -0.25) is 9.59 Å². The average Bonchev–Trinajstić information content (AvgIpc) is 2.58. The largest absolute Gasteiger partial charge is 0.468 e. The molecule has 2 atom stereocenters. The van der Waals surface area contributed by atoms with Crippen molar-refractivity contribution in [2.45, 2.75) is 45.4 Å². The van der Waals surface area contributed by atoms with Crippen molar-refractivity contribution in [1.82, 2.24) is 0 Å². The van der Waals surface area contributed by atoms with Gasteiger partial charge in [0.15, 0.2) is 5.41 Å². The summed E-state index contributed by atoms with van der Waals surface area (Å²) in [7, 11) is 2.66. The molecule has 0 saturated carbocycles. The van der Waals surface area contributed by atoms with Gasteiger partial charge in [0.25, 0.3) is 0 Å². The highest BCUT2D eigenvalue weighted by Gasteiger charge is 2.53. The Morgan fingerprint density at radius 2 is 2.00 bits per heavy atom. The molecule has 0 fully saturated rings. The quantitative estimate of drug-likeness (QED) is 0.390. The van der Waals surface area contributed by atoms with Crippen LogP contribution in [0.3, 0.4) is 0 Å². The van der Waals surface area contributed by atoms with Gasteiger partial charge in [-0.05, 0) is 44.4 Å². The summed E-state index contributed by atoms with van der Waals surface area (Å²) < 4.78 is 9.98. The maximum absolute atomic E-state index is 12.5. The molecule has 0 aromatic carbocycles. The number of hydrogen-bond donors (Lipinski definition) is 0. The summed E-state index contributed by atoms with van der Waals surface area (Å²) in [5.41, 5.74) is -1.24. The summed E-state index contributed by atoms with van der Waals surface area (Å²) in [5, 5.41) is 0. The highest BCUT2D eigenvalue weighted by molar-refractivity contribution is 6.00. The minimum atomic E-state index is -1.24. The van der Waals surface area contributed by atoms with E-state index in [1.54, 1.807) is 0 Å². The van der Waals surface area contributed by atoms with E-state index in [-0.39, 0.29) is 11.8 Å². The molecule has 0 aromatic rings. The highest BCUT2D eigenvalue weighted by atomic mass is 16.5. The van der Waals surface area contributed by atoms with Gasteiger partial charge < -0.3 is 9.47 Å². The lowest BCUT2D eigenvalue weighted by Gasteiger charge is -2.36. The Bertz CT molecular complexity index is 409. The van der Waals surface area contributed by atoms with Gasteiger partial charge >= 0.3 is 11.9 Å². The molecule has 0 N–H and O–H groups in total. The summed E-state index contributed by atoms with van der Waals surface area (Å²) >= 11 is 0. The normalized spacial score (nSPS) is 19.3. The molecule has 4 heteroatoms. The Balaban J connectivity index is 3.16. The molecule has 0 heterocycles. The molecule has 0 saturated heterocycles. The third-order valence-electron chi connectivity index (χ3n) is 4.75. The first-order chi connectivity index (χ1) is 10.6. The zero-order valence-electron chi connectivity index (χ0n) is 14.0. The summed E-state index contributed by atoms with van der Waals surface area (Å²) in [5.74, 6) is -0.866. The van der Waals surface area contributed by atoms with Gasteiger partial charge in [0.1, 0.15) is 0 Å². The molecule has 0 aliphatic heterocycles. The Kier molecular flexibility index (Phi) is 7.36. The van der Waals surface area contributed by atoms with E-state index in [0.717, 1.165) is 25.7 Å². The smallest absolute Gasteiger partial charge is 0.323 e. The van der Waals surface area contributed by atoms with Gasteiger partial charge in [-0.1, -0.05) is 25.2 Å². The van der Waals surface area contributed by atoms with Gasteiger partial charge in [-0.2, -0.15) is 0 Å². The molecule has 0 radical (unpaired) electrons. The van der Waals surface area contributed by atoms with E-state index in [0.29, 0.717) is 12.8 Å². The molecule has 124 valence electrons. The number of methoxy groups -OCH3 is 2. The second-order valence-electron chi connectivity index (χ2n) is 5.86. The van der Waals surface area contributed by atoms with Crippen molar-refractivity contribution in [2.24, 2.45) is 17.3 Å². The number of carbonyl (C=O) groups excluding carboxylic acids is 2. The lowest BCUT2D eigenvalue weighted by molar-refractivity contribution is -0.173. The van der Waals surface area contributed by atoms with Gasteiger partial charge in [-0.15, -0.1) is 6.58 Å². The second-order valence-corrected chi connectivity index (χ2v) is 5.86. The first-order valence-corrected chi connectivity index (χ1v) is 8.02. The molecule has 4 nitrogen and oxygen atoms in total. The maximum atomic E-state index is 12.5. The lowest BCUT2D eigenvalue weighted by atomic mass is 9.67.